The quantitative estimate of drug-likeness (QED) is 0.0712. The first-order valence-corrected chi connectivity index (χ1v) is 26.9. The van der Waals surface area contributed by atoms with E-state index in [1.165, 1.54) is 47.9 Å². The second-order valence-corrected chi connectivity index (χ2v) is 20.6. The van der Waals surface area contributed by atoms with Crippen LogP contribution < -0.4 is 10.6 Å². The lowest BCUT2D eigenvalue weighted by atomic mass is 10.1. The highest BCUT2D eigenvalue weighted by molar-refractivity contribution is 9.10. The molecule has 14 nitrogen and oxygen atoms in total. The fraction of sp³-hybridized carbons (Fsp3) is 0.226. The van der Waals surface area contributed by atoms with Gasteiger partial charge in [0, 0.05) is 104 Å². The molecule has 19 heteroatoms. The molecule has 0 unspecified atom stereocenters. The number of terminal acetylenes is 1. The monoisotopic (exact) mass is 1200 g/mol. The molecule has 4 aromatic heterocycles. The Morgan fingerprint density at radius 1 is 0.617 bits per heavy atom. The Morgan fingerprint density at radius 2 is 1.07 bits per heavy atom. The average molecular weight is 1200 g/mol. The minimum absolute atomic E-state index is 0.0170. The number of nitrogens with one attached hydrogen (secondary N) is 2. The topological polar surface area (TPSA) is 169 Å². The van der Waals surface area contributed by atoms with Crippen LogP contribution in [0.1, 0.15) is 90.3 Å². The largest absolute Gasteiger partial charge is 0.350 e. The average Bonchev–Trinajstić information content (AvgIpc) is 4.15. The molecule has 4 aromatic carbocycles. The van der Waals surface area contributed by atoms with Crippen LogP contribution in [0.4, 0.5) is 8.78 Å². The number of aromatic nitrogens is 4. The lowest BCUT2D eigenvalue weighted by Gasteiger charge is -2.26. The first kappa shape index (κ1) is 61.7. The molecule has 2 N–H and O–H groups in total. The number of nitrogens with zero attached hydrogens (tertiary/aromatic N) is 6. The number of amides is 4. The predicted octanol–water partition coefficient (Wildman–Crippen LogP) is 11.0. The molecule has 0 fully saturated rings. The number of Topliss-reactive ketones (excluding diaryl/α,β-unsaturated/α-hetero) is 2. The van der Waals surface area contributed by atoms with E-state index < -0.39 is 23.4 Å². The van der Waals surface area contributed by atoms with E-state index in [0.29, 0.717) is 39.0 Å². The highest BCUT2D eigenvalue weighted by Gasteiger charge is 2.25. The molecule has 0 saturated heterocycles. The molecular formula is C62H57BrCl2F2N8O6. The zero-order valence-electron chi connectivity index (χ0n) is 45.2. The van der Waals surface area contributed by atoms with E-state index >= 15 is 0 Å². The van der Waals surface area contributed by atoms with E-state index in [2.05, 4.69) is 54.3 Å². The summed E-state index contributed by atoms with van der Waals surface area (Å²) in [6.07, 6.45) is 11.7. The fourth-order valence-corrected chi connectivity index (χ4v) is 9.01. The van der Waals surface area contributed by atoms with Gasteiger partial charge >= 0.3 is 0 Å². The molecule has 81 heavy (non-hydrogen) atoms. The SMILES string of the molecule is C#Cc1ccccn1.CC(=O)c1cn(CC(=O)N(CC(=O)NCc2cccc(Cl)c2F)C(C)C)c2ccc(Br)cc12.CC(=O)c1cn(CC(=O)N(CC(=O)NCc2cccc(Cl)c2F)C(C)C)c2ccc(C#Cc3ccccn3)cc12. The maximum Gasteiger partial charge on any atom is 0.243 e. The van der Waals surface area contributed by atoms with E-state index in [0.717, 1.165) is 15.4 Å². The van der Waals surface area contributed by atoms with E-state index in [1.54, 1.807) is 52.1 Å². The van der Waals surface area contributed by atoms with Gasteiger partial charge in [-0.15, -0.1) is 6.42 Å². The summed E-state index contributed by atoms with van der Waals surface area (Å²) >= 11 is 15.0. The van der Waals surface area contributed by atoms with Gasteiger partial charge < -0.3 is 29.6 Å². The van der Waals surface area contributed by atoms with Crippen molar-refractivity contribution >= 4 is 96.1 Å². The maximum atomic E-state index is 14.2. The molecule has 0 aliphatic carbocycles. The van der Waals surface area contributed by atoms with Crippen molar-refractivity contribution in [2.45, 2.75) is 79.8 Å². The van der Waals surface area contributed by atoms with Crippen molar-refractivity contribution in [1.29, 1.82) is 0 Å². The summed E-state index contributed by atoms with van der Waals surface area (Å²) in [5.74, 6) is 5.66. The molecule has 8 aromatic rings. The standard InChI is InChI=1S/C31H28ClFN4O3.C24H24BrClFN3O3.C7H5N/c1-20(2)37(18-29(39)35-16-23-7-6-9-27(32)31(23)33)30(40)19-36-17-26(21(3)38)25-15-22(11-13-28(25)36)10-12-24-8-4-5-14-34-24;1-14(2)30(12-22(32)28-10-16-5-4-6-20(26)24(16)27)23(33)13-29-11-19(15(3)31)18-9-17(25)7-8-21(18)29;1-2-7-5-3-4-6-8-7/h4-9,11,13-15,17,20H,16,18-19H2,1-3H3,(H,35,39);4-9,11,14H,10,12-13H2,1-3H3,(H,28,32);1,3-6H. The van der Waals surface area contributed by atoms with Crippen LogP contribution in [-0.2, 0) is 45.4 Å². The number of hydrogen-bond donors (Lipinski definition) is 2. The van der Waals surface area contributed by atoms with E-state index in [4.69, 9.17) is 29.6 Å². The van der Waals surface area contributed by atoms with Gasteiger partial charge in [-0.3, -0.25) is 28.8 Å². The Hall–Kier alpha value is -8.48. The number of pyridine rings is 2. The van der Waals surface area contributed by atoms with Crippen molar-refractivity contribution in [2.75, 3.05) is 13.1 Å². The minimum atomic E-state index is -0.590. The van der Waals surface area contributed by atoms with Crippen molar-refractivity contribution < 1.29 is 37.5 Å². The lowest BCUT2D eigenvalue weighted by Crippen LogP contribution is -2.45. The number of hydrogen-bond acceptors (Lipinski definition) is 8. The molecule has 8 rings (SSSR count). The van der Waals surface area contributed by atoms with Crippen LogP contribution in [0.3, 0.4) is 0 Å². The Labute approximate surface area is 487 Å². The highest BCUT2D eigenvalue weighted by Crippen LogP contribution is 2.27. The maximum absolute atomic E-state index is 14.2. The Kier molecular flexibility index (Phi) is 22.2. The summed E-state index contributed by atoms with van der Waals surface area (Å²) < 4.78 is 32.5. The van der Waals surface area contributed by atoms with E-state index in [-0.39, 0.29) is 95.9 Å². The lowest BCUT2D eigenvalue weighted by molar-refractivity contribution is -0.138. The summed E-state index contributed by atoms with van der Waals surface area (Å²) in [6.45, 7) is 9.62. The molecule has 4 amide bonds. The molecule has 416 valence electrons. The normalized spacial score (nSPS) is 10.6. The number of rotatable bonds is 16. The molecule has 0 saturated carbocycles. The van der Waals surface area contributed by atoms with Gasteiger partial charge in [-0.1, -0.05) is 87.4 Å². The Balaban J connectivity index is 0.000000232. The van der Waals surface area contributed by atoms with Gasteiger partial charge in [0.2, 0.25) is 23.6 Å². The van der Waals surface area contributed by atoms with Crippen LogP contribution in [0, 0.1) is 35.8 Å². The molecule has 4 heterocycles. The summed E-state index contributed by atoms with van der Waals surface area (Å²) in [5.41, 5.74) is 5.00. The zero-order chi connectivity index (χ0) is 58.9. The summed E-state index contributed by atoms with van der Waals surface area (Å²) in [6, 6.07) is 30.6. The first-order chi connectivity index (χ1) is 38.6. The molecule has 0 aliphatic heterocycles. The number of fused-ring (bicyclic) bond motifs is 2. The second-order valence-electron chi connectivity index (χ2n) is 18.9. The fourth-order valence-electron chi connectivity index (χ4n) is 8.26. The molecule has 0 bridgehead atoms. The van der Waals surface area contributed by atoms with Crippen LogP contribution in [0.2, 0.25) is 10.0 Å². The third-order valence-electron chi connectivity index (χ3n) is 12.4. The Morgan fingerprint density at radius 3 is 1.49 bits per heavy atom. The van der Waals surface area contributed by atoms with Gasteiger partial charge in [-0.25, -0.2) is 18.7 Å². The van der Waals surface area contributed by atoms with Crippen molar-refractivity contribution in [2.24, 2.45) is 0 Å². The van der Waals surface area contributed by atoms with Crippen LogP contribution in [0.25, 0.3) is 21.8 Å². The van der Waals surface area contributed by atoms with Crippen molar-refractivity contribution in [3.63, 3.8) is 0 Å². The third-order valence-corrected chi connectivity index (χ3v) is 13.5. The molecule has 0 spiro atoms. The number of ketones is 2. The van der Waals surface area contributed by atoms with Crippen LogP contribution >= 0.6 is 39.1 Å². The van der Waals surface area contributed by atoms with Crippen LogP contribution in [-0.4, -0.2) is 89.3 Å². The van der Waals surface area contributed by atoms with E-state index in [1.807, 2.05) is 94.4 Å². The van der Waals surface area contributed by atoms with Gasteiger partial charge in [0.05, 0.1) is 23.1 Å². The summed E-state index contributed by atoms with van der Waals surface area (Å²) in [7, 11) is 0. The zero-order valence-corrected chi connectivity index (χ0v) is 48.3. The Bertz CT molecular complexity index is 3720. The van der Waals surface area contributed by atoms with Crippen LogP contribution in [0.15, 0.2) is 138 Å². The summed E-state index contributed by atoms with van der Waals surface area (Å²) in [5, 5.41) is 6.68. The highest BCUT2D eigenvalue weighted by atomic mass is 79.9. The van der Waals surface area contributed by atoms with Gasteiger partial charge in [0.25, 0.3) is 0 Å². The summed E-state index contributed by atoms with van der Waals surface area (Å²) in [4.78, 5) is 87.1. The van der Waals surface area contributed by atoms with Gasteiger partial charge in [0.1, 0.15) is 36.1 Å². The molecular weight excluding hydrogens is 1140 g/mol. The van der Waals surface area contributed by atoms with Crippen molar-refractivity contribution in [1.82, 2.24) is 39.5 Å². The smallest absolute Gasteiger partial charge is 0.243 e. The second kappa shape index (κ2) is 29.1. The van der Waals surface area contributed by atoms with E-state index in [9.17, 15) is 37.5 Å². The minimum Gasteiger partial charge on any atom is -0.350 e. The number of carbonyl (C=O) groups excluding carboxylic acids is 6. The van der Waals surface area contributed by atoms with Crippen molar-refractivity contribution in [3.8, 4) is 24.2 Å². The van der Waals surface area contributed by atoms with Crippen molar-refractivity contribution in [3.05, 3.63) is 199 Å². The predicted molar refractivity (Wildman–Crippen MR) is 314 cm³/mol. The molecule has 0 atom stereocenters. The number of halogens is 5. The van der Waals surface area contributed by atoms with Gasteiger partial charge in [-0.05, 0) is 120 Å². The number of carbonyl (C=O) groups is 6. The van der Waals surface area contributed by atoms with Gasteiger partial charge in [-0.2, -0.15) is 0 Å². The molecule has 0 radical (unpaired) electrons. The third kappa shape index (κ3) is 17.0. The number of benzene rings is 4. The van der Waals surface area contributed by atoms with Gasteiger partial charge in [0.15, 0.2) is 11.6 Å². The first-order valence-electron chi connectivity index (χ1n) is 25.4. The molecule has 0 aliphatic rings. The van der Waals surface area contributed by atoms with Crippen LogP contribution in [0.5, 0.6) is 0 Å².